The Labute approximate surface area is 93.0 Å². The van der Waals surface area contributed by atoms with E-state index in [-0.39, 0.29) is 6.04 Å². The van der Waals surface area contributed by atoms with Crippen LogP contribution in [0.2, 0.25) is 0 Å². The van der Waals surface area contributed by atoms with Gasteiger partial charge >= 0.3 is 0 Å². The number of hydrogen-bond acceptors (Lipinski definition) is 2. The average molecular weight is 232 g/mol. The zero-order chi connectivity index (χ0) is 12.1. The molecule has 5 heteroatoms. The Morgan fingerprint density at radius 2 is 1.93 bits per heavy atom. The van der Waals surface area contributed by atoms with Crippen molar-refractivity contribution in [3.63, 3.8) is 0 Å². The third-order valence-electron chi connectivity index (χ3n) is 1.62. The maximum atomic E-state index is 11.6. The lowest BCUT2D eigenvalue weighted by Gasteiger charge is -2.23. The first-order valence-electron chi connectivity index (χ1n) is 4.95. The van der Waals surface area contributed by atoms with Crippen LogP contribution in [0, 0.1) is 12.3 Å². The van der Waals surface area contributed by atoms with Crippen LogP contribution in [-0.2, 0) is 10.2 Å². The fourth-order valence-corrected chi connectivity index (χ4v) is 2.62. The Hall–Kier alpha value is -0.570. The van der Waals surface area contributed by atoms with Gasteiger partial charge in [0, 0.05) is 18.0 Å². The van der Waals surface area contributed by atoms with Crippen molar-refractivity contribution in [1.82, 2.24) is 9.44 Å². The maximum Gasteiger partial charge on any atom is 0.277 e. The molecule has 1 atom stereocenters. The molecule has 1 unspecified atom stereocenters. The van der Waals surface area contributed by atoms with Gasteiger partial charge in [0.25, 0.3) is 10.2 Å². The summed E-state index contributed by atoms with van der Waals surface area (Å²) in [7, 11) is -3.47. The summed E-state index contributed by atoms with van der Waals surface area (Å²) in [6.07, 6.45) is 6.23. The summed E-state index contributed by atoms with van der Waals surface area (Å²) < 4.78 is 28.2. The maximum absolute atomic E-state index is 11.6. The minimum Gasteiger partial charge on any atom is -0.198 e. The molecule has 2 N–H and O–H groups in total. The SMILES string of the molecule is C#CCC(CC)NS(=O)(=O)NC(C)(C)C. The van der Waals surface area contributed by atoms with Gasteiger partial charge in [-0.15, -0.1) is 12.3 Å². The van der Waals surface area contributed by atoms with Crippen LogP contribution in [0.15, 0.2) is 0 Å². The second-order valence-electron chi connectivity index (χ2n) is 4.49. The summed E-state index contributed by atoms with van der Waals surface area (Å²) in [6.45, 7) is 7.25. The molecule has 0 aliphatic heterocycles. The first kappa shape index (κ1) is 14.4. The zero-order valence-electron chi connectivity index (χ0n) is 9.79. The molecule has 0 saturated heterocycles. The standard InChI is InChI=1S/C10H20N2O2S/c1-6-8-9(7-2)11-15(13,14)12-10(3,4)5/h1,9,11-12H,7-8H2,2-5H3. The predicted molar refractivity (Wildman–Crippen MR) is 62.5 cm³/mol. The molecule has 0 radical (unpaired) electrons. The molecule has 4 nitrogen and oxygen atoms in total. The molecule has 0 aromatic rings. The van der Waals surface area contributed by atoms with Gasteiger partial charge < -0.3 is 0 Å². The highest BCUT2D eigenvalue weighted by atomic mass is 32.2. The van der Waals surface area contributed by atoms with E-state index >= 15 is 0 Å². The van der Waals surface area contributed by atoms with Gasteiger partial charge in [0.05, 0.1) is 0 Å². The molecule has 0 fully saturated rings. The molecule has 88 valence electrons. The van der Waals surface area contributed by atoms with Crippen molar-refractivity contribution in [3.8, 4) is 12.3 Å². The molecular formula is C10H20N2O2S. The summed E-state index contributed by atoms with van der Waals surface area (Å²) in [5.74, 6) is 2.45. The summed E-state index contributed by atoms with van der Waals surface area (Å²) >= 11 is 0. The van der Waals surface area contributed by atoms with Crippen LogP contribution < -0.4 is 9.44 Å². The van der Waals surface area contributed by atoms with Crippen molar-refractivity contribution >= 4 is 10.2 Å². The molecule has 0 spiro atoms. The lowest BCUT2D eigenvalue weighted by Crippen LogP contribution is -2.49. The molecule has 0 aliphatic rings. The summed E-state index contributed by atoms with van der Waals surface area (Å²) in [4.78, 5) is 0. The van der Waals surface area contributed by atoms with Gasteiger partial charge in [-0.25, -0.2) is 0 Å². The van der Waals surface area contributed by atoms with Gasteiger partial charge in [-0.2, -0.15) is 17.9 Å². The summed E-state index contributed by atoms with van der Waals surface area (Å²) in [5, 5.41) is 0. The fraction of sp³-hybridized carbons (Fsp3) is 0.800. The van der Waals surface area contributed by atoms with Crippen LogP contribution in [0.4, 0.5) is 0 Å². The molecule has 15 heavy (non-hydrogen) atoms. The van der Waals surface area contributed by atoms with E-state index in [2.05, 4.69) is 15.4 Å². The number of terminal acetylenes is 1. The van der Waals surface area contributed by atoms with Crippen LogP contribution in [0.3, 0.4) is 0 Å². The van der Waals surface area contributed by atoms with Gasteiger partial charge in [-0.3, -0.25) is 0 Å². The van der Waals surface area contributed by atoms with E-state index < -0.39 is 15.7 Å². The Bertz CT molecular complexity index is 322. The van der Waals surface area contributed by atoms with Crippen molar-refractivity contribution in [1.29, 1.82) is 0 Å². The smallest absolute Gasteiger partial charge is 0.198 e. The minimum atomic E-state index is -3.47. The van der Waals surface area contributed by atoms with Crippen LogP contribution in [0.1, 0.15) is 40.5 Å². The highest BCUT2D eigenvalue weighted by Crippen LogP contribution is 2.03. The van der Waals surface area contributed by atoms with Crippen molar-refractivity contribution in [3.05, 3.63) is 0 Å². The highest BCUT2D eigenvalue weighted by Gasteiger charge is 2.21. The number of nitrogens with one attached hydrogen (secondary N) is 2. The molecule has 0 amide bonds. The lowest BCUT2D eigenvalue weighted by molar-refractivity contribution is 0.471. The number of rotatable bonds is 5. The molecule has 0 saturated carbocycles. The van der Waals surface area contributed by atoms with Crippen molar-refractivity contribution in [2.24, 2.45) is 0 Å². The fourth-order valence-electron chi connectivity index (χ4n) is 1.06. The van der Waals surface area contributed by atoms with Crippen LogP contribution >= 0.6 is 0 Å². The lowest BCUT2D eigenvalue weighted by atomic mass is 10.1. The van der Waals surface area contributed by atoms with E-state index in [1.165, 1.54) is 0 Å². The van der Waals surface area contributed by atoms with E-state index in [9.17, 15) is 8.42 Å². The van der Waals surface area contributed by atoms with E-state index in [1.54, 1.807) is 20.8 Å². The predicted octanol–water partition coefficient (Wildman–Crippen LogP) is 1.01. The van der Waals surface area contributed by atoms with Crippen molar-refractivity contribution in [2.45, 2.75) is 52.1 Å². The largest absolute Gasteiger partial charge is 0.277 e. The molecule has 0 aromatic carbocycles. The molecule has 0 aliphatic carbocycles. The van der Waals surface area contributed by atoms with Crippen LogP contribution in [-0.4, -0.2) is 20.0 Å². The van der Waals surface area contributed by atoms with Crippen molar-refractivity contribution < 1.29 is 8.42 Å². The molecular weight excluding hydrogens is 212 g/mol. The van der Waals surface area contributed by atoms with E-state index in [1.807, 2.05) is 6.92 Å². The van der Waals surface area contributed by atoms with Gasteiger partial charge in [-0.05, 0) is 27.2 Å². The first-order chi connectivity index (χ1) is 6.70. The van der Waals surface area contributed by atoms with Gasteiger partial charge in [-0.1, -0.05) is 6.92 Å². The highest BCUT2D eigenvalue weighted by molar-refractivity contribution is 7.87. The molecule has 0 rings (SSSR count). The van der Waals surface area contributed by atoms with Gasteiger partial charge in [0.2, 0.25) is 0 Å². The van der Waals surface area contributed by atoms with Crippen LogP contribution in [0.25, 0.3) is 0 Å². The third-order valence-corrected chi connectivity index (χ3v) is 3.14. The monoisotopic (exact) mass is 232 g/mol. The first-order valence-corrected chi connectivity index (χ1v) is 6.43. The van der Waals surface area contributed by atoms with E-state index in [4.69, 9.17) is 6.42 Å². The average Bonchev–Trinajstić information content (AvgIpc) is 1.98. The molecule has 0 bridgehead atoms. The third kappa shape index (κ3) is 7.37. The molecule has 0 heterocycles. The Morgan fingerprint density at radius 1 is 1.40 bits per heavy atom. The number of hydrogen-bond donors (Lipinski definition) is 2. The van der Waals surface area contributed by atoms with E-state index in [0.717, 1.165) is 0 Å². The topological polar surface area (TPSA) is 58.2 Å². The van der Waals surface area contributed by atoms with Gasteiger partial charge in [0.1, 0.15) is 0 Å². The normalized spacial score (nSPS) is 14.6. The second-order valence-corrected chi connectivity index (χ2v) is 5.93. The molecule has 0 aromatic heterocycles. The Balaban J connectivity index is 4.44. The minimum absolute atomic E-state index is 0.199. The Morgan fingerprint density at radius 3 is 2.27 bits per heavy atom. The van der Waals surface area contributed by atoms with Crippen molar-refractivity contribution in [2.75, 3.05) is 0 Å². The summed E-state index contributed by atoms with van der Waals surface area (Å²) in [6, 6.07) is -0.199. The summed E-state index contributed by atoms with van der Waals surface area (Å²) in [5.41, 5.74) is -0.486. The quantitative estimate of drug-likeness (QED) is 0.695. The van der Waals surface area contributed by atoms with Crippen LogP contribution in [0.5, 0.6) is 0 Å². The Kier molecular flexibility index (Phi) is 5.29. The van der Waals surface area contributed by atoms with Gasteiger partial charge in [0.15, 0.2) is 0 Å². The second kappa shape index (κ2) is 5.50. The zero-order valence-corrected chi connectivity index (χ0v) is 10.6. The van der Waals surface area contributed by atoms with E-state index in [0.29, 0.717) is 12.8 Å².